The van der Waals surface area contributed by atoms with Crippen molar-refractivity contribution in [2.75, 3.05) is 0 Å². The third-order valence-corrected chi connectivity index (χ3v) is 4.01. The Morgan fingerprint density at radius 3 is 1.15 bits per heavy atom. The van der Waals surface area contributed by atoms with Gasteiger partial charge < -0.3 is 0 Å². The fourth-order valence-electron chi connectivity index (χ4n) is 3.04. The normalized spacial score (nSPS) is 10.2. The van der Waals surface area contributed by atoms with Gasteiger partial charge in [-0.15, -0.1) is 0 Å². The van der Waals surface area contributed by atoms with Gasteiger partial charge in [0.25, 0.3) is 0 Å². The zero-order valence-corrected chi connectivity index (χ0v) is 13.1. The largest absolute Gasteiger partial charge is 0.338 e. The fourth-order valence-corrected chi connectivity index (χ4v) is 3.04. The molecule has 0 bridgehead atoms. The number of fused-ring (bicyclic) bond motifs is 2. The van der Waals surface area contributed by atoms with E-state index in [-0.39, 0.29) is 11.1 Å². The molecule has 0 aliphatic heterocycles. The SMILES string of the molecule is N=C=C(c1c2ccccc2c(C(=C=N)[N+](=O)[O-])c2ccccc12)[N+](=O)[O-]. The topological polar surface area (TPSA) is 134 Å². The van der Waals surface area contributed by atoms with E-state index >= 15 is 0 Å². The first-order valence-corrected chi connectivity index (χ1v) is 7.33. The molecule has 8 heteroatoms. The first kappa shape index (κ1) is 16.7. The van der Waals surface area contributed by atoms with Gasteiger partial charge in [0.2, 0.25) is 0 Å². The van der Waals surface area contributed by atoms with Crippen LogP contribution in [-0.4, -0.2) is 21.6 Å². The molecule has 26 heavy (non-hydrogen) atoms. The molecule has 0 unspecified atom stereocenters. The molecule has 2 N–H and O–H groups in total. The van der Waals surface area contributed by atoms with Gasteiger partial charge in [0, 0.05) is 0 Å². The molecule has 3 aromatic rings. The van der Waals surface area contributed by atoms with E-state index in [9.17, 15) is 20.2 Å². The number of nitrogens with zero attached hydrogens (tertiary/aromatic N) is 2. The minimum absolute atomic E-state index is 0.160. The zero-order valence-electron chi connectivity index (χ0n) is 13.1. The van der Waals surface area contributed by atoms with Crippen molar-refractivity contribution in [1.82, 2.24) is 0 Å². The summed E-state index contributed by atoms with van der Waals surface area (Å²) >= 11 is 0. The van der Waals surface area contributed by atoms with Crippen molar-refractivity contribution in [3.63, 3.8) is 0 Å². The van der Waals surface area contributed by atoms with Crippen LogP contribution in [0, 0.1) is 31.0 Å². The molecule has 0 aromatic heterocycles. The summed E-state index contributed by atoms with van der Waals surface area (Å²) in [5, 5.41) is 39.0. The molecule has 0 radical (unpaired) electrons. The van der Waals surface area contributed by atoms with Crippen LogP contribution in [0.25, 0.3) is 32.9 Å². The van der Waals surface area contributed by atoms with Crippen molar-refractivity contribution in [2.45, 2.75) is 0 Å². The number of benzene rings is 3. The second kappa shape index (κ2) is 6.41. The molecular weight excluding hydrogens is 336 g/mol. The molecule has 8 nitrogen and oxygen atoms in total. The summed E-state index contributed by atoms with van der Waals surface area (Å²) in [6.45, 7) is 0. The number of nitro groups is 2. The molecular formula is C18H10N4O4. The van der Waals surface area contributed by atoms with Gasteiger partial charge in [-0.2, -0.15) is 0 Å². The molecule has 0 spiro atoms. The minimum Gasteiger partial charge on any atom is -0.258 e. The molecule has 3 aromatic carbocycles. The lowest BCUT2D eigenvalue weighted by Gasteiger charge is -2.12. The average Bonchev–Trinajstić information content (AvgIpc) is 2.63. The van der Waals surface area contributed by atoms with E-state index in [1.165, 1.54) is 0 Å². The Morgan fingerprint density at radius 2 is 0.962 bits per heavy atom. The number of hydrogen-bond acceptors (Lipinski definition) is 6. The van der Waals surface area contributed by atoms with Crippen molar-refractivity contribution in [1.29, 1.82) is 10.8 Å². The van der Waals surface area contributed by atoms with Crippen molar-refractivity contribution >= 4 is 44.7 Å². The smallest absolute Gasteiger partial charge is 0.258 e. The van der Waals surface area contributed by atoms with Gasteiger partial charge in [-0.3, -0.25) is 31.0 Å². The highest BCUT2D eigenvalue weighted by atomic mass is 16.6. The number of nitrogens with one attached hydrogen (secondary N) is 2. The fraction of sp³-hybridized carbons (Fsp3) is 0. The van der Waals surface area contributed by atoms with Crippen LogP contribution in [0.1, 0.15) is 11.1 Å². The average molecular weight is 346 g/mol. The summed E-state index contributed by atoms with van der Waals surface area (Å²) < 4.78 is 0. The molecule has 0 amide bonds. The Balaban J connectivity index is 2.69. The first-order chi connectivity index (χ1) is 12.5. The van der Waals surface area contributed by atoms with Crippen molar-refractivity contribution in [3.05, 3.63) is 79.9 Å². The molecule has 0 fully saturated rings. The summed E-state index contributed by atoms with van der Waals surface area (Å²) in [4.78, 5) is 21.5. The minimum atomic E-state index is -0.707. The van der Waals surface area contributed by atoms with Crippen LogP contribution in [0.3, 0.4) is 0 Å². The molecule has 3 rings (SSSR count). The van der Waals surface area contributed by atoms with Crippen molar-refractivity contribution in [2.24, 2.45) is 0 Å². The van der Waals surface area contributed by atoms with Gasteiger partial charge in [-0.05, 0) is 21.5 Å². The lowest BCUT2D eigenvalue weighted by Crippen LogP contribution is -2.05. The predicted molar refractivity (Wildman–Crippen MR) is 97.7 cm³/mol. The van der Waals surface area contributed by atoms with Crippen LogP contribution in [0.4, 0.5) is 0 Å². The maximum Gasteiger partial charge on any atom is 0.338 e. The Bertz CT molecular complexity index is 1050. The molecule has 0 aliphatic rings. The highest BCUT2D eigenvalue weighted by Gasteiger charge is 2.27. The van der Waals surface area contributed by atoms with E-state index < -0.39 is 21.2 Å². The van der Waals surface area contributed by atoms with Gasteiger partial charge in [-0.25, -0.2) is 0 Å². The van der Waals surface area contributed by atoms with Gasteiger partial charge in [0.15, 0.2) is 0 Å². The summed E-state index contributed by atoms with van der Waals surface area (Å²) in [5.41, 5.74) is -0.754. The first-order valence-electron chi connectivity index (χ1n) is 7.33. The molecule has 126 valence electrons. The predicted octanol–water partition coefficient (Wildman–Crippen LogP) is 3.73. The molecule has 0 heterocycles. The zero-order chi connectivity index (χ0) is 18.8. The lowest BCUT2D eigenvalue weighted by molar-refractivity contribution is -0.373. The van der Waals surface area contributed by atoms with Crippen LogP contribution >= 0.6 is 0 Å². The van der Waals surface area contributed by atoms with Crippen LogP contribution in [0.15, 0.2) is 48.5 Å². The van der Waals surface area contributed by atoms with Crippen LogP contribution in [0.5, 0.6) is 0 Å². The third-order valence-electron chi connectivity index (χ3n) is 4.01. The summed E-state index contributed by atoms with van der Waals surface area (Å²) in [5.74, 6) is 3.72. The van der Waals surface area contributed by atoms with E-state index in [4.69, 9.17) is 10.8 Å². The van der Waals surface area contributed by atoms with Gasteiger partial charge in [0.1, 0.15) is 0 Å². The highest BCUT2D eigenvalue weighted by molar-refractivity contribution is 6.18. The maximum absolute atomic E-state index is 11.4. The summed E-state index contributed by atoms with van der Waals surface area (Å²) in [6, 6.07) is 12.9. The van der Waals surface area contributed by atoms with E-state index in [2.05, 4.69) is 0 Å². The second-order valence-electron chi connectivity index (χ2n) is 5.30. The van der Waals surface area contributed by atoms with Gasteiger partial charge in [-0.1, -0.05) is 48.5 Å². The second-order valence-corrected chi connectivity index (χ2v) is 5.30. The molecule has 0 saturated heterocycles. The molecule has 0 saturated carbocycles. The van der Waals surface area contributed by atoms with E-state index in [1.54, 1.807) is 48.5 Å². The van der Waals surface area contributed by atoms with E-state index in [0.29, 0.717) is 21.5 Å². The summed E-state index contributed by atoms with van der Waals surface area (Å²) in [6.07, 6.45) is 0. The number of rotatable bonds is 4. The number of hydrogen-bond donors (Lipinski definition) is 2. The Kier molecular flexibility index (Phi) is 4.12. The van der Waals surface area contributed by atoms with Crippen LogP contribution in [-0.2, 0) is 0 Å². The summed E-state index contributed by atoms with van der Waals surface area (Å²) in [7, 11) is 0. The van der Waals surface area contributed by atoms with Crippen LogP contribution < -0.4 is 0 Å². The van der Waals surface area contributed by atoms with E-state index in [1.807, 2.05) is 11.7 Å². The highest BCUT2D eigenvalue weighted by Crippen LogP contribution is 2.38. The standard InChI is InChI=1S/C18H10N4O4/c19-9-15(21(23)24)17-11-5-1-2-6-12(11)18(16(10-20)22(25)26)14-8-4-3-7-13(14)17/h1-8,19-20H. The Labute approximate surface area is 146 Å². The Morgan fingerprint density at radius 1 is 0.692 bits per heavy atom. The Hall–Kier alpha value is -4.12. The lowest BCUT2D eigenvalue weighted by atomic mass is 9.89. The van der Waals surface area contributed by atoms with Crippen molar-refractivity contribution < 1.29 is 9.85 Å². The van der Waals surface area contributed by atoms with Crippen LogP contribution in [0.2, 0.25) is 0 Å². The monoisotopic (exact) mass is 346 g/mol. The quantitative estimate of drug-likeness (QED) is 0.322. The molecule has 0 aliphatic carbocycles. The van der Waals surface area contributed by atoms with Crippen molar-refractivity contribution in [3.8, 4) is 0 Å². The maximum atomic E-state index is 11.4. The molecule has 0 atom stereocenters. The van der Waals surface area contributed by atoms with E-state index in [0.717, 1.165) is 0 Å². The van der Waals surface area contributed by atoms with Gasteiger partial charge >= 0.3 is 11.4 Å². The third kappa shape index (κ3) is 2.44. The van der Waals surface area contributed by atoms with Gasteiger partial charge in [0.05, 0.1) is 32.7 Å².